The van der Waals surface area contributed by atoms with E-state index in [1.54, 1.807) is 0 Å². The van der Waals surface area contributed by atoms with Crippen LogP contribution in [0, 0.1) is 5.92 Å². The molecule has 0 bridgehead atoms. The Bertz CT molecular complexity index is 294. The summed E-state index contributed by atoms with van der Waals surface area (Å²) < 4.78 is 5.85. The van der Waals surface area contributed by atoms with E-state index in [9.17, 15) is 0 Å². The van der Waals surface area contributed by atoms with Gasteiger partial charge in [-0.15, -0.1) is 0 Å². The van der Waals surface area contributed by atoms with Crippen LogP contribution in [0.15, 0.2) is 24.3 Å². The van der Waals surface area contributed by atoms with Gasteiger partial charge in [0, 0.05) is 5.02 Å². The first-order valence-corrected chi connectivity index (χ1v) is 5.97. The summed E-state index contributed by atoms with van der Waals surface area (Å²) in [6, 6.07) is 7.58. The molecule has 1 unspecified atom stereocenters. The van der Waals surface area contributed by atoms with Crippen LogP contribution in [-0.4, -0.2) is 6.10 Å². The highest BCUT2D eigenvalue weighted by Gasteiger charge is 2.14. The molecule has 1 rings (SSSR count). The minimum Gasteiger partial charge on any atom is -0.490 e. The minimum absolute atomic E-state index is 0.249. The first kappa shape index (κ1) is 12.4. The molecule has 1 aromatic rings. The lowest BCUT2D eigenvalue weighted by atomic mass is 9.98. The molecule has 0 saturated carbocycles. The number of benzene rings is 1. The van der Waals surface area contributed by atoms with Crippen LogP contribution >= 0.6 is 11.6 Å². The fourth-order valence-electron chi connectivity index (χ4n) is 1.80. The quantitative estimate of drug-likeness (QED) is 0.716. The Hall–Kier alpha value is -0.690. The molecule has 0 aliphatic heterocycles. The Kier molecular flexibility index (Phi) is 4.97. The van der Waals surface area contributed by atoms with E-state index in [1.165, 1.54) is 0 Å². The van der Waals surface area contributed by atoms with Gasteiger partial charge in [-0.3, -0.25) is 0 Å². The topological polar surface area (TPSA) is 9.23 Å². The standard InChI is InChI=1S/C13H19ClO/c1-4-11(5-2)10(3)15-13-8-6-7-12(14)9-13/h6-11H,4-5H2,1-3H3. The van der Waals surface area contributed by atoms with E-state index < -0.39 is 0 Å². The number of ether oxygens (including phenoxy) is 1. The van der Waals surface area contributed by atoms with Crippen molar-refractivity contribution in [2.24, 2.45) is 5.92 Å². The van der Waals surface area contributed by atoms with Gasteiger partial charge >= 0.3 is 0 Å². The fraction of sp³-hybridized carbons (Fsp3) is 0.538. The molecule has 0 amide bonds. The summed E-state index contributed by atoms with van der Waals surface area (Å²) in [5, 5.41) is 0.726. The first-order chi connectivity index (χ1) is 7.17. The molecule has 0 heterocycles. The third-order valence-corrected chi connectivity index (χ3v) is 3.07. The van der Waals surface area contributed by atoms with Crippen LogP contribution in [0.5, 0.6) is 5.75 Å². The van der Waals surface area contributed by atoms with Crippen molar-refractivity contribution in [3.63, 3.8) is 0 Å². The average Bonchev–Trinajstić information content (AvgIpc) is 2.19. The highest BCUT2D eigenvalue weighted by Crippen LogP contribution is 2.22. The molecular weight excluding hydrogens is 208 g/mol. The molecule has 0 aliphatic carbocycles. The van der Waals surface area contributed by atoms with Crippen LogP contribution in [0.25, 0.3) is 0 Å². The van der Waals surface area contributed by atoms with E-state index in [1.807, 2.05) is 24.3 Å². The second-order valence-corrected chi connectivity index (χ2v) is 4.29. The zero-order valence-corrected chi connectivity index (χ0v) is 10.4. The van der Waals surface area contributed by atoms with E-state index in [0.717, 1.165) is 23.6 Å². The predicted octanol–water partition coefficient (Wildman–Crippen LogP) is 4.54. The average molecular weight is 227 g/mol. The number of halogens is 1. The number of hydrogen-bond donors (Lipinski definition) is 0. The molecule has 0 spiro atoms. The minimum atomic E-state index is 0.249. The molecule has 1 nitrogen and oxygen atoms in total. The van der Waals surface area contributed by atoms with Crippen molar-refractivity contribution in [1.82, 2.24) is 0 Å². The van der Waals surface area contributed by atoms with Crippen LogP contribution in [0.3, 0.4) is 0 Å². The maximum Gasteiger partial charge on any atom is 0.121 e. The molecule has 0 saturated heterocycles. The van der Waals surface area contributed by atoms with Crippen LogP contribution < -0.4 is 4.74 Å². The van der Waals surface area contributed by atoms with Gasteiger partial charge in [0.1, 0.15) is 5.75 Å². The second kappa shape index (κ2) is 6.02. The normalized spacial score (nSPS) is 12.9. The Morgan fingerprint density at radius 1 is 1.27 bits per heavy atom. The van der Waals surface area contributed by atoms with Gasteiger partial charge in [0.25, 0.3) is 0 Å². The van der Waals surface area contributed by atoms with Crippen molar-refractivity contribution in [1.29, 1.82) is 0 Å². The van der Waals surface area contributed by atoms with Crippen LogP contribution in [0.1, 0.15) is 33.6 Å². The van der Waals surface area contributed by atoms with Gasteiger partial charge in [-0.25, -0.2) is 0 Å². The van der Waals surface area contributed by atoms with Gasteiger partial charge in [0.2, 0.25) is 0 Å². The zero-order chi connectivity index (χ0) is 11.3. The molecule has 0 N–H and O–H groups in total. The fourth-order valence-corrected chi connectivity index (χ4v) is 1.98. The van der Waals surface area contributed by atoms with E-state index in [4.69, 9.17) is 16.3 Å². The van der Waals surface area contributed by atoms with Crippen molar-refractivity contribution in [3.05, 3.63) is 29.3 Å². The Labute approximate surface area is 97.4 Å². The highest BCUT2D eigenvalue weighted by molar-refractivity contribution is 6.30. The number of rotatable bonds is 5. The van der Waals surface area contributed by atoms with Crippen molar-refractivity contribution < 1.29 is 4.74 Å². The van der Waals surface area contributed by atoms with E-state index in [0.29, 0.717) is 5.92 Å². The molecule has 0 radical (unpaired) electrons. The Morgan fingerprint density at radius 3 is 2.47 bits per heavy atom. The largest absolute Gasteiger partial charge is 0.490 e. The third kappa shape index (κ3) is 3.75. The van der Waals surface area contributed by atoms with Gasteiger partial charge in [0.05, 0.1) is 6.10 Å². The van der Waals surface area contributed by atoms with Crippen LogP contribution in [0.2, 0.25) is 5.02 Å². The van der Waals surface area contributed by atoms with Crippen LogP contribution in [0.4, 0.5) is 0 Å². The molecule has 0 aliphatic rings. The maximum absolute atomic E-state index is 5.90. The van der Waals surface area contributed by atoms with Gasteiger partial charge in [-0.2, -0.15) is 0 Å². The maximum atomic E-state index is 5.90. The lowest BCUT2D eigenvalue weighted by Crippen LogP contribution is -2.22. The molecule has 1 atom stereocenters. The molecule has 1 aromatic carbocycles. The smallest absolute Gasteiger partial charge is 0.121 e. The zero-order valence-electron chi connectivity index (χ0n) is 9.66. The predicted molar refractivity (Wildman–Crippen MR) is 65.6 cm³/mol. The van der Waals surface area contributed by atoms with Crippen molar-refractivity contribution in [3.8, 4) is 5.75 Å². The first-order valence-electron chi connectivity index (χ1n) is 5.59. The van der Waals surface area contributed by atoms with E-state index >= 15 is 0 Å². The van der Waals surface area contributed by atoms with Crippen molar-refractivity contribution >= 4 is 11.6 Å². The summed E-state index contributed by atoms with van der Waals surface area (Å²) in [7, 11) is 0. The summed E-state index contributed by atoms with van der Waals surface area (Å²) >= 11 is 5.90. The second-order valence-electron chi connectivity index (χ2n) is 3.86. The van der Waals surface area contributed by atoms with E-state index in [-0.39, 0.29) is 6.10 Å². The molecule has 84 valence electrons. The molecule has 2 heteroatoms. The summed E-state index contributed by atoms with van der Waals surface area (Å²) in [4.78, 5) is 0. The summed E-state index contributed by atoms with van der Waals surface area (Å²) in [6.07, 6.45) is 2.55. The van der Waals surface area contributed by atoms with Gasteiger partial charge < -0.3 is 4.74 Å². The highest BCUT2D eigenvalue weighted by atomic mass is 35.5. The number of hydrogen-bond acceptors (Lipinski definition) is 1. The molecule has 15 heavy (non-hydrogen) atoms. The van der Waals surface area contributed by atoms with Crippen LogP contribution in [-0.2, 0) is 0 Å². The van der Waals surface area contributed by atoms with Gasteiger partial charge in [-0.05, 0) is 43.9 Å². The Morgan fingerprint density at radius 2 is 1.93 bits per heavy atom. The summed E-state index contributed by atoms with van der Waals surface area (Å²) in [6.45, 7) is 6.52. The Balaban J connectivity index is 2.61. The lowest BCUT2D eigenvalue weighted by Gasteiger charge is -2.22. The monoisotopic (exact) mass is 226 g/mol. The molecule has 0 aromatic heterocycles. The van der Waals surface area contributed by atoms with Crippen molar-refractivity contribution in [2.45, 2.75) is 39.7 Å². The van der Waals surface area contributed by atoms with E-state index in [2.05, 4.69) is 20.8 Å². The summed E-state index contributed by atoms with van der Waals surface area (Å²) in [5.41, 5.74) is 0. The SMILES string of the molecule is CCC(CC)C(C)Oc1cccc(Cl)c1. The lowest BCUT2D eigenvalue weighted by molar-refractivity contribution is 0.145. The van der Waals surface area contributed by atoms with Gasteiger partial charge in [0.15, 0.2) is 0 Å². The van der Waals surface area contributed by atoms with Crippen molar-refractivity contribution in [2.75, 3.05) is 0 Å². The summed E-state index contributed by atoms with van der Waals surface area (Å²) in [5.74, 6) is 1.48. The third-order valence-electron chi connectivity index (χ3n) is 2.83. The van der Waals surface area contributed by atoms with Gasteiger partial charge in [-0.1, -0.05) is 31.5 Å². The molecule has 0 fully saturated rings. The molecular formula is C13H19ClO.